The van der Waals surface area contributed by atoms with Crippen molar-refractivity contribution in [3.05, 3.63) is 24.3 Å². The first-order chi connectivity index (χ1) is 14.4. The highest BCUT2D eigenvalue weighted by Gasteiger charge is 2.49. The van der Waals surface area contributed by atoms with Gasteiger partial charge in [0.25, 0.3) is 0 Å². The lowest BCUT2D eigenvalue weighted by Crippen LogP contribution is -2.24. The Morgan fingerprint density at radius 2 is 1.93 bits per heavy atom. The van der Waals surface area contributed by atoms with Crippen LogP contribution in [0.1, 0.15) is 78.6 Å². The molecule has 2 aliphatic rings. The van der Waals surface area contributed by atoms with Gasteiger partial charge in [-0.3, -0.25) is 14.4 Å². The van der Waals surface area contributed by atoms with Gasteiger partial charge < -0.3 is 14.2 Å². The third-order valence-corrected chi connectivity index (χ3v) is 5.59. The van der Waals surface area contributed by atoms with Crippen molar-refractivity contribution in [3.63, 3.8) is 0 Å². The lowest BCUT2D eigenvalue weighted by Gasteiger charge is -2.19. The minimum absolute atomic E-state index is 0.103. The minimum atomic E-state index is -0.410. The number of hydrogen-bond donors (Lipinski definition) is 0. The summed E-state index contributed by atoms with van der Waals surface area (Å²) in [6.07, 6.45) is 14.5. The van der Waals surface area contributed by atoms with Gasteiger partial charge in [-0.25, -0.2) is 0 Å². The van der Waals surface area contributed by atoms with Crippen molar-refractivity contribution in [2.75, 3.05) is 0 Å². The molecule has 5 atom stereocenters. The molecule has 1 aliphatic heterocycles. The molecule has 6 heteroatoms. The maximum atomic E-state index is 12.0. The van der Waals surface area contributed by atoms with E-state index in [1.807, 2.05) is 12.2 Å². The second kappa shape index (κ2) is 12.6. The third-order valence-electron chi connectivity index (χ3n) is 5.59. The second-order valence-corrected chi connectivity index (χ2v) is 8.29. The molecule has 0 saturated heterocycles. The first-order valence-corrected chi connectivity index (χ1v) is 11.3. The van der Waals surface area contributed by atoms with E-state index in [1.165, 1.54) is 13.8 Å². The highest BCUT2D eigenvalue weighted by atomic mass is 16.6. The fourth-order valence-corrected chi connectivity index (χ4v) is 3.99. The van der Waals surface area contributed by atoms with Crippen molar-refractivity contribution in [2.45, 2.75) is 96.9 Å². The van der Waals surface area contributed by atoms with Gasteiger partial charge in [-0.2, -0.15) is 0 Å². The number of esters is 3. The fraction of sp³-hybridized carbons (Fsp3) is 0.708. The maximum Gasteiger partial charge on any atom is 0.306 e. The first-order valence-electron chi connectivity index (χ1n) is 11.3. The van der Waals surface area contributed by atoms with Gasteiger partial charge >= 0.3 is 17.9 Å². The van der Waals surface area contributed by atoms with Gasteiger partial charge in [0.2, 0.25) is 0 Å². The van der Waals surface area contributed by atoms with E-state index >= 15 is 0 Å². The number of ether oxygens (including phenoxy) is 3. The average molecular weight is 421 g/mol. The lowest BCUT2D eigenvalue weighted by atomic mass is 10.0. The molecule has 1 aliphatic carbocycles. The second-order valence-electron chi connectivity index (χ2n) is 8.29. The van der Waals surface area contributed by atoms with Crippen LogP contribution in [-0.4, -0.2) is 36.2 Å². The zero-order valence-electron chi connectivity index (χ0n) is 18.5. The van der Waals surface area contributed by atoms with Gasteiger partial charge in [0.15, 0.2) is 0 Å². The SMILES string of the molecule is CCCCC[C@H](/C=C/[C@@H](OC(C)=O)[C@@H]1C[C@H]1[C@@H]1C/C=C\CCCC(=O)O1)OC(C)=O. The van der Waals surface area contributed by atoms with Gasteiger partial charge in [-0.15, -0.1) is 0 Å². The molecule has 168 valence electrons. The topological polar surface area (TPSA) is 78.9 Å². The number of carbonyl (C=O) groups is 3. The number of unbranched alkanes of at least 4 members (excludes halogenated alkanes) is 2. The molecular formula is C24H36O6. The molecule has 0 aromatic carbocycles. The number of allylic oxidation sites excluding steroid dienone is 1. The van der Waals surface area contributed by atoms with Gasteiger partial charge in [-0.05, 0) is 44.3 Å². The smallest absolute Gasteiger partial charge is 0.306 e. The highest BCUT2D eigenvalue weighted by Crippen LogP contribution is 2.47. The van der Waals surface area contributed by atoms with Crippen LogP contribution in [0.4, 0.5) is 0 Å². The Balaban J connectivity index is 2.03. The molecule has 6 nitrogen and oxygen atoms in total. The molecular weight excluding hydrogens is 384 g/mol. The largest absolute Gasteiger partial charge is 0.462 e. The molecule has 1 saturated carbocycles. The molecule has 0 unspecified atom stereocenters. The molecule has 0 amide bonds. The van der Waals surface area contributed by atoms with Crippen LogP contribution >= 0.6 is 0 Å². The van der Waals surface area contributed by atoms with Crippen molar-refractivity contribution in [1.82, 2.24) is 0 Å². The summed E-state index contributed by atoms with van der Waals surface area (Å²) in [6, 6.07) is 0. The molecule has 0 bridgehead atoms. The summed E-state index contributed by atoms with van der Waals surface area (Å²) in [5.41, 5.74) is 0. The molecule has 2 rings (SSSR count). The van der Waals surface area contributed by atoms with Crippen LogP contribution < -0.4 is 0 Å². The number of rotatable bonds is 10. The van der Waals surface area contributed by atoms with Crippen molar-refractivity contribution in [3.8, 4) is 0 Å². The van der Waals surface area contributed by atoms with Crippen molar-refractivity contribution >= 4 is 17.9 Å². The van der Waals surface area contributed by atoms with E-state index in [0.29, 0.717) is 12.8 Å². The Kier molecular flexibility index (Phi) is 10.1. The Morgan fingerprint density at radius 1 is 1.17 bits per heavy atom. The zero-order valence-corrected chi connectivity index (χ0v) is 18.5. The van der Waals surface area contributed by atoms with Crippen molar-refractivity contribution in [2.24, 2.45) is 11.8 Å². The van der Waals surface area contributed by atoms with Gasteiger partial charge in [-0.1, -0.05) is 31.9 Å². The predicted octanol–water partition coefficient (Wildman–Crippen LogP) is 4.66. The van der Waals surface area contributed by atoms with Crippen LogP contribution in [0.15, 0.2) is 24.3 Å². The van der Waals surface area contributed by atoms with E-state index in [4.69, 9.17) is 14.2 Å². The molecule has 0 N–H and O–H groups in total. The van der Waals surface area contributed by atoms with Crippen LogP contribution in [0.5, 0.6) is 0 Å². The van der Waals surface area contributed by atoms with Crippen LogP contribution in [0.25, 0.3) is 0 Å². The average Bonchev–Trinajstić information content (AvgIpc) is 3.45. The van der Waals surface area contributed by atoms with Crippen molar-refractivity contribution < 1.29 is 28.6 Å². The summed E-state index contributed by atoms with van der Waals surface area (Å²) in [5, 5.41) is 0. The molecule has 0 aromatic rings. The third kappa shape index (κ3) is 8.72. The van der Waals surface area contributed by atoms with Crippen LogP contribution in [0, 0.1) is 11.8 Å². The maximum absolute atomic E-state index is 12.0. The lowest BCUT2D eigenvalue weighted by molar-refractivity contribution is -0.151. The monoisotopic (exact) mass is 420 g/mol. The fourth-order valence-electron chi connectivity index (χ4n) is 3.99. The number of cyclic esters (lactones) is 1. The summed E-state index contributed by atoms with van der Waals surface area (Å²) < 4.78 is 16.7. The number of carbonyl (C=O) groups excluding carboxylic acids is 3. The van der Waals surface area contributed by atoms with Crippen LogP contribution in [-0.2, 0) is 28.6 Å². The Bertz CT molecular complexity index is 638. The molecule has 0 aromatic heterocycles. The van der Waals surface area contributed by atoms with E-state index < -0.39 is 6.10 Å². The van der Waals surface area contributed by atoms with E-state index in [1.54, 1.807) is 0 Å². The summed E-state index contributed by atoms with van der Waals surface area (Å²) in [6.45, 7) is 4.92. The minimum Gasteiger partial charge on any atom is -0.462 e. The molecule has 1 heterocycles. The summed E-state index contributed by atoms with van der Waals surface area (Å²) in [5.74, 6) is -0.557. The zero-order chi connectivity index (χ0) is 21.9. The summed E-state index contributed by atoms with van der Waals surface area (Å²) in [4.78, 5) is 35.1. The van der Waals surface area contributed by atoms with Crippen LogP contribution in [0.3, 0.4) is 0 Å². The molecule has 0 radical (unpaired) electrons. The van der Waals surface area contributed by atoms with E-state index in [-0.39, 0.29) is 42.0 Å². The predicted molar refractivity (Wildman–Crippen MR) is 113 cm³/mol. The van der Waals surface area contributed by atoms with Gasteiger partial charge in [0, 0.05) is 38.5 Å². The van der Waals surface area contributed by atoms with E-state index in [0.717, 1.165) is 44.9 Å². The number of hydrogen-bond acceptors (Lipinski definition) is 6. The highest BCUT2D eigenvalue weighted by molar-refractivity contribution is 5.69. The quantitative estimate of drug-likeness (QED) is 0.221. The van der Waals surface area contributed by atoms with E-state index in [2.05, 4.69) is 19.1 Å². The summed E-state index contributed by atoms with van der Waals surface area (Å²) >= 11 is 0. The van der Waals surface area contributed by atoms with E-state index in [9.17, 15) is 14.4 Å². The standard InChI is InChI=1S/C24H36O6/c1-4-5-8-11-19(28-17(2)25)14-15-23(29-18(3)26)21-16-20(21)22-12-9-6-7-10-13-24(27)30-22/h6,9,14-15,19-23H,4-5,7-8,10-13,16H2,1-3H3/b9-6-,15-14+/t19-,20-,21-,22+,23-/m1/s1. The molecule has 1 fully saturated rings. The van der Waals surface area contributed by atoms with Crippen LogP contribution in [0.2, 0.25) is 0 Å². The first kappa shape index (κ1) is 24.2. The Labute approximate surface area is 180 Å². The normalized spacial score (nSPS) is 27.2. The van der Waals surface area contributed by atoms with Gasteiger partial charge in [0.05, 0.1) is 0 Å². The summed E-state index contributed by atoms with van der Waals surface area (Å²) in [7, 11) is 0. The molecule has 0 spiro atoms. The Hall–Kier alpha value is -2.11. The van der Waals surface area contributed by atoms with Gasteiger partial charge in [0.1, 0.15) is 18.3 Å². The molecule has 30 heavy (non-hydrogen) atoms. The van der Waals surface area contributed by atoms with Crippen molar-refractivity contribution in [1.29, 1.82) is 0 Å². The Morgan fingerprint density at radius 3 is 2.63 bits per heavy atom.